The number of rotatable bonds is 13. The second-order valence-corrected chi connectivity index (χ2v) is 19.5. The van der Waals surface area contributed by atoms with Crippen molar-refractivity contribution in [3.63, 3.8) is 0 Å². The van der Waals surface area contributed by atoms with Gasteiger partial charge in [0.2, 0.25) is 0 Å². The highest BCUT2D eigenvalue weighted by molar-refractivity contribution is 5.84. The van der Waals surface area contributed by atoms with Crippen molar-refractivity contribution < 1.29 is 34.0 Å². The fourth-order valence-electron chi connectivity index (χ4n) is 12.4. The fourth-order valence-corrected chi connectivity index (χ4v) is 12.4. The molecule has 3 heterocycles. The summed E-state index contributed by atoms with van der Waals surface area (Å²) in [7, 11) is 1.65. The van der Waals surface area contributed by atoms with Crippen LogP contribution in [0, 0.1) is 23.7 Å². The maximum atomic E-state index is 12.6. The van der Waals surface area contributed by atoms with Crippen LogP contribution in [-0.2, 0) is 34.2 Å². The van der Waals surface area contributed by atoms with Crippen molar-refractivity contribution >= 4 is 11.7 Å². The number of aryl methyl sites for hydroxylation is 1. The molecule has 2 fully saturated rings. The standard InChI is InChI=1S/C56H64N4O7/c1-4-58-46-14-8-5-10-34(46)16-17-40-36-22-23-56(30-36)31-37-26-39(62)28-50(64-3)52(37)43-19-18-42-45(32-66-33(2)61)54(67-55(42)53(43)56)44-29-49(65-25-24-59-38-12-6-7-13-38)48(63)27-35(44)11-9-15-47-41(40)20-21-51(57)60-47/h5,8,10,14,18-21,26-29,36,38,40,45,51,54,58-60,62-63H,4,6-7,11-13,16-17,22-25,30-32,57H2,1-3H3/t36-,40-,45+,51?,54-,56+/m1/s1. The highest BCUT2D eigenvalue weighted by Crippen LogP contribution is 2.63. The molecule has 4 aromatic carbocycles. The van der Waals surface area contributed by atoms with Gasteiger partial charge in [-0.1, -0.05) is 55.2 Å². The van der Waals surface area contributed by atoms with E-state index < -0.39 is 12.3 Å². The van der Waals surface area contributed by atoms with E-state index in [9.17, 15) is 15.0 Å². The molecule has 4 bridgehead atoms. The maximum absolute atomic E-state index is 12.6. The summed E-state index contributed by atoms with van der Waals surface area (Å²) in [4.78, 5) is 12.6. The Kier molecular flexibility index (Phi) is 12.6. The molecule has 2 saturated carbocycles. The third-order valence-corrected chi connectivity index (χ3v) is 15.4. The van der Waals surface area contributed by atoms with Gasteiger partial charge in [0, 0.05) is 71.9 Å². The highest BCUT2D eigenvalue weighted by atomic mass is 16.5. The molecule has 6 atom stereocenters. The Morgan fingerprint density at radius 3 is 2.69 bits per heavy atom. The van der Waals surface area contributed by atoms with E-state index in [4.69, 9.17) is 24.7 Å². The molecule has 6 aliphatic rings. The van der Waals surface area contributed by atoms with Crippen LogP contribution in [0.3, 0.4) is 0 Å². The van der Waals surface area contributed by atoms with E-state index in [0.29, 0.717) is 43.5 Å². The van der Waals surface area contributed by atoms with Crippen molar-refractivity contribution in [2.24, 2.45) is 17.6 Å². The average Bonchev–Trinajstić information content (AvgIpc) is 4.08. The zero-order chi connectivity index (χ0) is 46.2. The number of phenols is 2. The third kappa shape index (κ3) is 8.71. The Labute approximate surface area is 394 Å². The summed E-state index contributed by atoms with van der Waals surface area (Å²) in [5.74, 6) is 8.73. The number of anilines is 1. The molecule has 350 valence electrons. The van der Waals surface area contributed by atoms with Crippen LogP contribution in [0.15, 0.2) is 84.1 Å². The molecule has 1 unspecified atom stereocenters. The molecule has 67 heavy (non-hydrogen) atoms. The second-order valence-electron chi connectivity index (χ2n) is 19.5. The first-order valence-corrected chi connectivity index (χ1v) is 24.5. The first-order valence-electron chi connectivity index (χ1n) is 24.5. The van der Waals surface area contributed by atoms with Gasteiger partial charge in [0.05, 0.1) is 24.9 Å². The minimum atomic E-state index is -0.594. The van der Waals surface area contributed by atoms with E-state index in [1.807, 2.05) is 18.2 Å². The first-order chi connectivity index (χ1) is 32.6. The van der Waals surface area contributed by atoms with Crippen LogP contribution in [0.5, 0.6) is 28.7 Å². The predicted octanol–water partition coefficient (Wildman–Crippen LogP) is 9.00. The predicted molar refractivity (Wildman–Crippen MR) is 261 cm³/mol. The number of fused-ring (bicyclic) bond motifs is 6. The van der Waals surface area contributed by atoms with Gasteiger partial charge < -0.3 is 50.8 Å². The van der Waals surface area contributed by atoms with E-state index >= 15 is 0 Å². The Balaban J connectivity index is 1.15. The lowest BCUT2D eigenvalue weighted by Gasteiger charge is -2.40. The summed E-state index contributed by atoms with van der Waals surface area (Å²) in [5.41, 5.74) is 17.4. The lowest BCUT2D eigenvalue weighted by molar-refractivity contribution is -0.141. The molecular formula is C56H64N4O7. The number of phenolic OH excluding ortho intramolecular Hbond substituents is 2. The van der Waals surface area contributed by atoms with E-state index in [-0.39, 0.29) is 47.2 Å². The topological polar surface area (TPSA) is 157 Å². The number of carbonyl (C=O) groups excluding carboxylic acids is 1. The number of allylic oxidation sites excluding steroid dienone is 3. The van der Waals surface area contributed by atoms with Crippen LogP contribution >= 0.6 is 0 Å². The summed E-state index contributed by atoms with van der Waals surface area (Å²) in [6.45, 7) is 5.56. The zero-order valence-electron chi connectivity index (χ0n) is 39.0. The highest BCUT2D eigenvalue weighted by Gasteiger charge is 2.52. The van der Waals surface area contributed by atoms with Crippen molar-refractivity contribution in [1.29, 1.82) is 0 Å². The zero-order valence-corrected chi connectivity index (χ0v) is 39.0. The van der Waals surface area contributed by atoms with Gasteiger partial charge in [-0.25, -0.2) is 0 Å². The monoisotopic (exact) mass is 904 g/mol. The molecule has 0 radical (unpaired) electrons. The Hall–Kier alpha value is -6.09. The molecule has 10 rings (SSSR count). The SMILES string of the molecule is CCNc1ccccc1CC[C@H]1C2=C(C#CCc3cc(O)c(OCCNC4CCCC4)cc3[C@H]3Oc4c(ccc5c4[C@]4(CC[C@@H]1C4)Cc1cc(O)cc(OC)c1-5)[C@@H]3COC(C)=O)NC(N)C=C2. The van der Waals surface area contributed by atoms with Crippen LogP contribution < -0.4 is 35.9 Å². The average molecular weight is 905 g/mol. The molecule has 7 N–H and O–H groups in total. The summed E-state index contributed by atoms with van der Waals surface area (Å²) in [6, 6.07) is 20.7. The fraction of sp³-hybridized carbons (Fsp3) is 0.446. The number of aromatic hydroxyl groups is 2. The van der Waals surface area contributed by atoms with E-state index in [1.165, 1.54) is 38.2 Å². The molecule has 0 aromatic heterocycles. The van der Waals surface area contributed by atoms with Gasteiger partial charge in [-0.2, -0.15) is 0 Å². The molecule has 11 heteroatoms. The Morgan fingerprint density at radius 2 is 1.87 bits per heavy atom. The number of nitrogens with two attached hydrogens (primary N) is 1. The maximum Gasteiger partial charge on any atom is 0.302 e. The van der Waals surface area contributed by atoms with Crippen molar-refractivity contribution in [1.82, 2.24) is 10.6 Å². The lowest BCUT2D eigenvalue weighted by Crippen LogP contribution is -2.38. The Bertz CT molecular complexity index is 2680. The number of hydrogen-bond acceptors (Lipinski definition) is 11. The van der Waals surface area contributed by atoms with Gasteiger partial charge in [-0.3, -0.25) is 4.79 Å². The number of ether oxygens (including phenoxy) is 4. The smallest absolute Gasteiger partial charge is 0.302 e. The van der Waals surface area contributed by atoms with Crippen molar-refractivity contribution in [3.8, 4) is 51.7 Å². The molecule has 11 nitrogen and oxygen atoms in total. The number of para-hydroxylation sites is 1. The van der Waals surface area contributed by atoms with Crippen molar-refractivity contribution in [3.05, 3.63) is 117 Å². The number of carbonyl (C=O) groups is 1. The van der Waals surface area contributed by atoms with Gasteiger partial charge in [0.15, 0.2) is 11.5 Å². The van der Waals surface area contributed by atoms with Crippen LogP contribution in [0.1, 0.15) is 111 Å². The largest absolute Gasteiger partial charge is 0.508 e. The van der Waals surface area contributed by atoms with Gasteiger partial charge in [-0.15, -0.1) is 0 Å². The number of dihydropyridines is 1. The molecule has 0 amide bonds. The lowest BCUT2D eigenvalue weighted by atomic mass is 9.64. The normalized spacial score (nSPS) is 24.4. The summed E-state index contributed by atoms with van der Waals surface area (Å²) < 4.78 is 25.8. The van der Waals surface area contributed by atoms with Gasteiger partial charge in [0.1, 0.15) is 36.6 Å². The number of hydrogen-bond donors (Lipinski definition) is 6. The summed E-state index contributed by atoms with van der Waals surface area (Å²) >= 11 is 0. The Morgan fingerprint density at radius 1 is 1.01 bits per heavy atom. The number of benzene rings is 4. The first kappa shape index (κ1) is 44.7. The molecule has 1 spiro atoms. The van der Waals surface area contributed by atoms with Crippen LogP contribution in [0.4, 0.5) is 5.69 Å². The molecule has 3 aliphatic carbocycles. The van der Waals surface area contributed by atoms with E-state index in [2.05, 4.69) is 77.2 Å². The van der Waals surface area contributed by atoms with E-state index in [1.54, 1.807) is 19.2 Å². The van der Waals surface area contributed by atoms with Crippen LogP contribution in [0.25, 0.3) is 11.1 Å². The van der Waals surface area contributed by atoms with E-state index in [0.717, 1.165) is 100 Å². The summed E-state index contributed by atoms with van der Waals surface area (Å²) in [6.07, 6.45) is 13.6. The number of nitrogens with one attached hydrogen (secondary N) is 3. The minimum absolute atomic E-state index is 0.0329. The molecule has 0 saturated heterocycles. The second kappa shape index (κ2) is 18.9. The van der Waals surface area contributed by atoms with Gasteiger partial charge >= 0.3 is 5.97 Å². The summed E-state index contributed by atoms with van der Waals surface area (Å²) in [5, 5.41) is 33.5. The number of esters is 1. The van der Waals surface area contributed by atoms with Gasteiger partial charge in [-0.05, 0) is 134 Å². The van der Waals surface area contributed by atoms with Crippen molar-refractivity contribution in [2.75, 3.05) is 38.7 Å². The van der Waals surface area contributed by atoms with Crippen molar-refractivity contribution in [2.45, 2.75) is 114 Å². The minimum Gasteiger partial charge on any atom is -0.508 e. The molecule has 4 aromatic rings. The quantitative estimate of drug-likeness (QED) is 0.0433. The molecule has 3 aliphatic heterocycles. The van der Waals surface area contributed by atoms with Gasteiger partial charge in [0.25, 0.3) is 0 Å². The molecular weight excluding hydrogens is 841 g/mol. The van der Waals surface area contributed by atoms with Crippen LogP contribution in [0.2, 0.25) is 0 Å². The number of methoxy groups -OCH3 is 1. The van der Waals surface area contributed by atoms with Crippen LogP contribution in [-0.4, -0.2) is 61.8 Å². The third-order valence-electron chi connectivity index (χ3n) is 15.4.